The summed E-state index contributed by atoms with van der Waals surface area (Å²) < 4.78 is 44.8. The molecule has 3 rings (SSSR count). The highest BCUT2D eigenvalue weighted by Gasteiger charge is 2.38. The van der Waals surface area contributed by atoms with Crippen LogP contribution in [-0.4, -0.2) is 25.0 Å². The number of anilines is 2. The van der Waals surface area contributed by atoms with Crippen molar-refractivity contribution in [3.05, 3.63) is 66.2 Å². The van der Waals surface area contributed by atoms with Crippen molar-refractivity contribution < 1.29 is 27.5 Å². The first-order valence-electron chi connectivity index (χ1n) is 7.99. The number of benzene rings is 2. The number of alkyl halides is 3. The maximum absolute atomic E-state index is 13.2. The molecule has 1 aliphatic heterocycles. The number of carbonyl (C=O) groups excluding carboxylic acids is 2. The van der Waals surface area contributed by atoms with Crippen LogP contribution in [0.5, 0.6) is 5.75 Å². The van der Waals surface area contributed by atoms with Crippen LogP contribution < -0.4 is 15.0 Å². The van der Waals surface area contributed by atoms with E-state index in [1.165, 1.54) is 29.2 Å². The molecular formula is C19H15F3N2O3. The van der Waals surface area contributed by atoms with E-state index >= 15 is 0 Å². The molecule has 2 amide bonds. The maximum Gasteiger partial charge on any atom is 0.420 e. The fraction of sp³-hybridized carbons (Fsp3) is 0.158. The fourth-order valence-electron chi connectivity index (χ4n) is 2.76. The lowest BCUT2D eigenvalue weighted by Crippen LogP contribution is -2.38. The molecule has 1 heterocycles. The van der Waals surface area contributed by atoms with E-state index in [2.05, 4.69) is 11.9 Å². The van der Waals surface area contributed by atoms with Gasteiger partial charge in [-0.1, -0.05) is 18.7 Å². The van der Waals surface area contributed by atoms with E-state index in [0.29, 0.717) is 5.69 Å². The molecule has 0 saturated carbocycles. The summed E-state index contributed by atoms with van der Waals surface area (Å²) in [5, 5.41) is 2.54. The molecule has 2 aromatic rings. The summed E-state index contributed by atoms with van der Waals surface area (Å²) in [4.78, 5) is 25.5. The molecule has 0 aromatic heterocycles. The summed E-state index contributed by atoms with van der Waals surface area (Å²) in [5.41, 5.74) is -0.267. The van der Waals surface area contributed by atoms with Gasteiger partial charge in [0.15, 0.2) is 5.75 Å². The first-order valence-corrected chi connectivity index (χ1v) is 7.99. The minimum Gasteiger partial charge on any atom is -0.489 e. The molecule has 2 aromatic carbocycles. The van der Waals surface area contributed by atoms with E-state index in [-0.39, 0.29) is 30.2 Å². The van der Waals surface area contributed by atoms with Gasteiger partial charge in [-0.25, -0.2) is 0 Å². The molecule has 5 nitrogen and oxygen atoms in total. The standard InChI is InChI=1S/C19H15F3N2O3/c1-2-16(25)23-13-6-3-5-12(11-13)18(26)24-9-10-27-17-14(19(20,21)22)7-4-8-15(17)24/h2-8,11H,1,9-10H2,(H,23,25). The van der Waals surface area contributed by atoms with E-state index in [1.54, 1.807) is 12.1 Å². The maximum atomic E-state index is 13.2. The Morgan fingerprint density at radius 2 is 1.93 bits per heavy atom. The molecule has 0 aliphatic carbocycles. The highest BCUT2D eigenvalue weighted by Crippen LogP contribution is 2.43. The predicted molar refractivity (Wildman–Crippen MR) is 93.9 cm³/mol. The van der Waals surface area contributed by atoms with E-state index < -0.39 is 23.6 Å². The lowest BCUT2D eigenvalue weighted by molar-refractivity contribution is -0.139. The van der Waals surface area contributed by atoms with Gasteiger partial charge in [0.05, 0.1) is 17.8 Å². The average molecular weight is 376 g/mol. The van der Waals surface area contributed by atoms with Crippen molar-refractivity contribution in [2.24, 2.45) is 0 Å². The second-order valence-corrected chi connectivity index (χ2v) is 5.73. The van der Waals surface area contributed by atoms with Crippen LogP contribution in [0.1, 0.15) is 15.9 Å². The summed E-state index contributed by atoms with van der Waals surface area (Å²) in [6, 6.07) is 9.69. The zero-order valence-corrected chi connectivity index (χ0v) is 14.0. The Balaban J connectivity index is 1.95. The van der Waals surface area contributed by atoms with Crippen LogP contribution in [0.4, 0.5) is 24.5 Å². The summed E-state index contributed by atoms with van der Waals surface area (Å²) in [7, 11) is 0. The number of amides is 2. The van der Waals surface area contributed by atoms with Gasteiger partial charge in [0, 0.05) is 11.3 Å². The SMILES string of the molecule is C=CC(=O)Nc1cccc(C(=O)N2CCOc3c2cccc3C(F)(F)F)c1. The van der Waals surface area contributed by atoms with Gasteiger partial charge in [0.1, 0.15) is 6.61 Å². The van der Waals surface area contributed by atoms with Crippen molar-refractivity contribution in [2.75, 3.05) is 23.4 Å². The van der Waals surface area contributed by atoms with Crippen LogP contribution in [0.25, 0.3) is 0 Å². The van der Waals surface area contributed by atoms with E-state index in [4.69, 9.17) is 4.74 Å². The Labute approximate surface area is 153 Å². The summed E-state index contributed by atoms with van der Waals surface area (Å²) in [5.74, 6) is -1.29. The van der Waals surface area contributed by atoms with Gasteiger partial charge < -0.3 is 15.0 Å². The van der Waals surface area contributed by atoms with Crippen molar-refractivity contribution in [3.8, 4) is 5.75 Å². The number of hydrogen-bond donors (Lipinski definition) is 1. The third-order valence-corrected chi connectivity index (χ3v) is 3.96. The Kier molecular flexibility index (Phi) is 4.89. The Bertz CT molecular complexity index is 909. The molecule has 0 fully saturated rings. The number of rotatable bonds is 3. The third kappa shape index (κ3) is 3.79. The number of ether oxygens (including phenoxy) is 1. The molecule has 0 atom stereocenters. The second-order valence-electron chi connectivity index (χ2n) is 5.73. The van der Waals surface area contributed by atoms with Crippen LogP contribution in [-0.2, 0) is 11.0 Å². The number of carbonyl (C=O) groups is 2. The minimum absolute atomic E-state index is 0.0568. The molecule has 140 valence electrons. The molecule has 0 spiro atoms. The summed E-state index contributed by atoms with van der Waals surface area (Å²) in [6.07, 6.45) is -3.50. The fourth-order valence-corrected chi connectivity index (χ4v) is 2.76. The number of fused-ring (bicyclic) bond motifs is 1. The Morgan fingerprint density at radius 3 is 2.63 bits per heavy atom. The highest BCUT2D eigenvalue weighted by atomic mass is 19.4. The molecular weight excluding hydrogens is 361 g/mol. The normalized spacial score (nSPS) is 13.4. The summed E-state index contributed by atoms with van der Waals surface area (Å²) in [6.45, 7) is 3.40. The first-order chi connectivity index (χ1) is 12.8. The van der Waals surface area contributed by atoms with Crippen molar-refractivity contribution in [3.63, 3.8) is 0 Å². The molecule has 8 heteroatoms. The first kappa shape index (κ1) is 18.5. The monoisotopic (exact) mass is 376 g/mol. The Morgan fingerprint density at radius 1 is 1.19 bits per heavy atom. The number of hydrogen-bond acceptors (Lipinski definition) is 3. The van der Waals surface area contributed by atoms with Crippen molar-refractivity contribution in [2.45, 2.75) is 6.18 Å². The molecule has 1 N–H and O–H groups in total. The van der Waals surface area contributed by atoms with Crippen molar-refractivity contribution >= 4 is 23.2 Å². The van der Waals surface area contributed by atoms with Gasteiger partial charge in [0.25, 0.3) is 5.91 Å². The number of halogens is 3. The topological polar surface area (TPSA) is 58.6 Å². The van der Waals surface area contributed by atoms with E-state index in [9.17, 15) is 22.8 Å². The van der Waals surface area contributed by atoms with Crippen LogP contribution in [0, 0.1) is 0 Å². The van der Waals surface area contributed by atoms with Crippen LogP contribution in [0.2, 0.25) is 0 Å². The molecule has 0 saturated heterocycles. The van der Waals surface area contributed by atoms with E-state index in [0.717, 1.165) is 12.1 Å². The van der Waals surface area contributed by atoms with Gasteiger partial charge in [-0.05, 0) is 36.4 Å². The smallest absolute Gasteiger partial charge is 0.420 e. The van der Waals surface area contributed by atoms with Gasteiger partial charge >= 0.3 is 6.18 Å². The lowest BCUT2D eigenvalue weighted by Gasteiger charge is -2.31. The quantitative estimate of drug-likeness (QED) is 0.828. The zero-order valence-electron chi connectivity index (χ0n) is 14.0. The highest BCUT2D eigenvalue weighted by molar-refractivity contribution is 6.08. The van der Waals surface area contributed by atoms with Crippen molar-refractivity contribution in [1.82, 2.24) is 0 Å². The van der Waals surface area contributed by atoms with Gasteiger partial charge in [-0.2, -0.15) is 13.2 Å². The number of para-hydroxylation sites is 1. The lowest BCUT2D eigenvalue weighted by atomic mass is 10.1. The zero-order chi connectivity index (χ0) is 19.6. The molecule has 0 unspecified atom stereocenters. The number of nitrogens with zero attached hydrogens (tertiary/aromatic N) is 1. The average Bonchev–Trinajstić information content (AvgIpc) is 2.65. The van der Waals surface area contributed by atoms with Gasteiger partial charge in [-0.15, -0.1) is 0 Å². The molecule has 0 bridgehead atoms. The van der Waals surface area contributed by atoms with Gasteiger partial charge in [0.2, 0.25) is 5.91 Å². The minimum atomic E-state index is -4.59. The largest absolute Gasteiger partial charge is 0.489 e. The third-order valence-electron chi connectivity index (χ3n) is 3.96. The van der Waals surface area contributed by atoms with Gasteiger partial charge in [-0.3, -0.25) is 9.59 Å². The predicted octanol–water partition coefficient (Wildman–Crippen LogP) is 3.87. The molecule has 0 radical (unpaired) electrons. The van der Waals surface area contributed by atoms with Crippen LogP contribution >= 0.6 is 0 Å². The molecule has 27 heavy (non-hydrogen) atoms. The Hall–Kier alpha value is -3.29. The van der Waals surface area contributed by atoms with Crippen LogP contribution in [0.3, 0.4) is 0 Å². The van der Waals surface area contributed by atoms with Crippen LogP contribution in [0.15, 0.2) is 55.1 Å². The molecule has 1 aliphatic rings. The van der Waals surface area contributed by atoms with Crippen molar-refractivity contribution in [1.29, 1.82) is 0 Å². The summed E-state index contributed by atoms with van der Waals surface area (Å²) >= 11 is 0. The number of nitrogens with one attached hydrogen (secondary N) is 1. The second kappa shape index (κ2) is 7.14. The van der Waals surface area contributed by atoms with E-state index in [1.807, 2.05) is 0 Å².